The third-order valence-electron chi connectivity index (χ3n) is 2.98. The van der Waals surface area contributed by atoms with Crippen molar-refractivity contribution in [3.05, 3.63) is 24.3 Å². The van der Waals surface area contributed by atoms with Crippen LogP contribution in [-0.2, 0) is 0 Å². The first-order valence-corrected chi connectivity index (χ1v) is 7.15. The summed E-state index contributed by atoms with van der Waals surface area (Å²) in [5.74, 6) is 1.65. The summed E-state index contributed by atoms with van der Waals surface area (Å²) >= 11 is 0. The molecule has 4 heteroatoms. The van der Waals surface area contributed by atoms with Crippen LogP contribution in [0.4, 0.5) is 0 Å². The molecule has 0 saturated carbocycles. The largest absolute Gasteiger partial charge is 0.494 e. The van der Waals surface area contributed by atoms with Gasteiger partial charge in [-0.05, 0) is 44.2 Å². The van der Waals surface area contributed by atoms with Crippen molar-refractivity contribution in [2.45, 2.75) is 39.2 Å². The molecule has 20 heavy (non-hydrogen) atoms. The second kappa shape index (κ2) is 8.44. The number of benzene rings is 1. The van der Waals surface area contributed by atoms with Crippen LogP contribution in [0.5, 0.6) is 11.5 Å². The van der Waals surface area contributed by atoms with Crippen molar-refractivity contribution in [1.29, 1.82) is 5.26 Å². The average molecular weight is 276 g/mol. The minimum Gasteiger partial charge on any atom is -0.494 e. The summed E-state index contributed by atoms with van der Waals surface area (Å²) in [4.78, 5) is 0. The predicted octanol–water partition coefficient (Wildman–Crippen LogP) is 3.14. The van der Waals surface area contributed by atoms with Crippen molar-refractivity contribution < 1.29 is 9.47 Å². The van der Waals surface area contributed by atoms with Crippen LogP contribution in [0.2, 0.25) is 0 Å². The highest BCUT2D eigenvalue weighted by Crippen LogP contribution is 2.18. The SMILES string of the molecule is CCCOc1ccc(OCCC(C)(C#N)NCC)cc1. The number of nitriles is 1. The Morgan fingerprint density at radius 2 is 1.65 bits per heavy atom. The first-order chi connectivity index (χ1) is 9.63. The molecule has 0 aromatic heterocycles. The summed E-state index contributed by atoms with van der Waals surface area (Å²) in [5.41, 5.74) is -0.529. The Labute approximate surface area is 121 Å². The van der Waals surface area contributed by atoms with Gasteiger partial charge in [0.25, 0.3) is 0 Å². The molecular formula is C16H24N2O2. The fraction of sp³-hybridized carbons (Fsp3) is 0.562. The molecule has 0 saturated heterocycles. The molecule has 0 spiro atoms. The van der Waals surface area contributed by atoms with E-state index in [-0.39, 0.29) is 0 Å². The first-order valence-electron chi connectivity index (χ1n) is 7.15. The smallest absolute Gasteiger partial charge is 0.119 e. The molecule has 0 aliphatic heterocycles. The van der Waals surface area contributed by atoms with Gasteiger partial charge in [-0.3, -0.25) is 5.32 Å². The molecule has 1 atom stereocenters. The highest BCUT2D eigenvalue weighted by atomic mass is 16.5. The van der Waals surface area contributed by atoms with Crippen molar-refractivity contribution >= 4 is 0 Å². The van der Waals surface area contributed by atoms with Crippen LogP contribution in [0, 0.1) is 11.3 Å². The van der Waals surface area contributed by atoms with Gasteiger partial charge in [-0.1, -0.05) is 13.8 Å². The van der Waals surface area contributed by atoms with Crippen LogP contribution in [0.1, 0.15) is 33.6 Å². The van der Waals surface area contributed by atoms with E-state index >= 15 is 0 Å². The minimum absolute atomic E-state index is 0.506. The van der Waals surface area contributed by atoms with Gasteiger partial charge in [-0.15, -0.1) is 0 Å². The normalized spacial score (nSPS) is 13.3. The molecule has 1 aromatic carbocycles. The summed E-state index contributed by atoms with van der Waals surface area (Å²) in [6, 6.07) is 9.87. The van der Waals surface area contributed by atoms with Gasteiger partial charge in [0, 0.05) is 6.42 Å². The molecular weight excluding hydrogens is 252 g/mol. The van der Waals surface area contributed by atoms with E-state index in [2.05, 4.69) is 18.3 Å². The molecule has 0 heterocycles. The lowest BCUT2D eigenvalue weighted by Crippen LogP contribution is -2.42. The van der Waals surface area contributed by atoms with E-state index in [0.29, 0.717) is 13.0 Å². The number of rotatable bonds is 9. The molecule has 0 amide bonds. The summed E-state index contributed by atoms with van der Waals surface area (Å²) in [6.45, 7) is 7.96. The topological polar surface area (TPSA) is 54.3 Å². The third kappa shape index (κ3) is 5.50. The Morgan fingerprint density at radius 3 is 2.10 bits per heavy atom. The van der Waals surface area contributed by atoms with Crippen LogP contribution in [0.25, 0.3) is 0 Å². The molecule has 1 unspecified atom stereocenters. The zero-order valence-corrected chi connectivity index (χ0v) is 12.6. The standard InChI is InChI=1S/C16H24N2O2/c1-4-11-19-14-6-8-15(9-7-14)20-12-10-16(3,13-17)18-5-2/h6-9,18H,4-5,10-12H2,1-3H3. The maximum atomic E-state index is 9.15. The summed E-state index contributed by atoms with van der Waals surface area (Å²) in [7, 11) is 0. The molecule has 1 rings (SSSR count). The lowest BCUT2D eigenvalue weighted by atomic mass is 10.0. The molecule has 0 aliphatic rings. The Morgan fingerprint density at radius 1 is 1.10 bits per heavy atom. The Kier molecular flexibility index (Phi) is 6.89. The summed E-state index contributed by atoms with van der Waals surface area (Å²) in [6.07, 6.45) is 1.64. The van der Waals surface area contributed by atoms with Gasteiger partial charge in [-0.2, -0.15) is 5.26 Å². The van der Waals surface area contributed by atoms with Crippen molar-refractivity contribution in [2.24, 2.45) is 0 Å². The fourth-order valence-corrected chi connectivity index (χ4v) is 1.80. The first kappa shape index (κ1) is 16.3. The zero-order chi connectivity index (χ0) is 14.8. The molecule has 0 fully saturated rings. The molecule has 1 N–H and O–H groups in total. The molecule has 0 bridgehead atoms. The van der Waals surface area contributed by atoms with Gasteiger partial charge in [0.2, 0.25) is 0 Å². The number of nitrogens with one attached hydrogen (secondary N) is 1. The number of ether oxygens (including phenoxy) is 2. The van der Waals surface area contributed by atoms with Gasteiger partial charge in [-0.25, -0.2) is 0 Å². The fourth-order valence-electron chi connectivity index (χ4n) is 1.80. The van der Waals surface area contributed by atoms with Crippen LogP contribution >= 0.6 is 0 Å². The Bertz CT molecular complexity index is 425. The van der Waals surface area contributed by atoms with Gasteiger partial charge in [0.1, 0.15) is 17.0 Å². The lowest BCUT2D eigenvalue weighted by Gasteiger charge is -2.22. The lowest BCUT2D eigenvalue weighted by molar-refractivity contribution is 0.268. The second-order valence-electron chi connectivity index (χ2n) is 4.89. The molecule has 110 valence electrons. The van der Waals surface area contributed by atoms with Crippen molar-refractivity contribution in [3.63, 3.8) is 0 Å². The van der Waals surface area contributed by atoms with E-state index < -0.39 is 5.54 Å². The molecule has 4 nitrogen and oxygen atoms in total. The number of hydrogen-bond donors (Lipinski definition) is 1. The van der Waals surface area contributed by atoms with E-state index in [0.717, 1.165) is 31.1 Å². The molecule has 1 aromatic rings. The number of nitrogens with zero attached hydrogens (tertiary/aromatic N) is 1. The van der Waals surface area contributed by atoms with E-state index in [1.54, 1.807) is 0 Å². The van der Waals surface area contributed by atoms with E-state index in [9.17, 15) is 0 Å². The molecule has 0 radical (unpaired) electrons. The average Bonchev–Trinajstić information content (AvgIpc) is 2.47. The predicted molar refractivity (Wildman–Crippen MR) is 80.0 cm³/mol. The van der Waals surface area contributed by atoms with Crippen LogP contribution in [0.3, 0.4) is 0 Å². The Hall–Kier alpha value is -1.73. The highest BCUT2D eigenvalue weighted by molar-refractivity contribution is 5.31. The van der Waals surface area contributed by atoms with Crippen LogP contribution in [-0.4, -0.2) is 25.3 Å². The van der Waals surface area contributed by atoms with Gasteiger partial charge >= 0.3 is 0 Å². The monoisotopic (exact) mass is 276 g/mol. The third-order valence-corrected chi connectivity index (χ3v) is 2.98. The van der Waals surface area contributed by atoms with Gasteiger partial charge in [0.05, 0.1) is 19.3 Å². The minimum atomic E-state index is -0.529. The summed E-state index contributed by atoms with van der Waals surface area (Å²) in [5, 5.41) is 12.3. The van der Waals surface area contributed by atoms with E-state index in [1.165, 1.54) is 0 Å². The zero-order valence-electron chi connectivity index (χ0n) is 12.6. The van der Waals surface area contributed by atoms with Crippen molar-refractivity contribution in [3.8, 4) is 17.6 Å². The van der Waals surface area contributed by atoms with Gasteiger partial charge in [0.15, 0.2) is 0 Å². The van der Waals surface area contributed by atoms with Crippen molar-refractivity contribution in [2.75, 3.05) is 19.8 Å². The number of hydrogen-bond acceptors (Lipinski definition) is 4. The quantitative estimate of drug-likeness (QED) is 0.753. The highest BCUT2D eigenvalue weighted by Gasteiger charge is 2.21. The maximum Gasteiger partial charge on any atom is 0.119 e. The van der Waals surface area contributed by atoms with Crippen molar-refractivity contribution in [1.82, 2.24) is 5.32 Å². The second-order valence-corrected chi connectivity index (χ2v) is 4.89. The maximum absolute atomic E-state index is 9.15. The Balaban J connectivity index is 2.40. The molecule has 0 aliphatic carbocycles. The van der Waals surface area contributed by atoms with E-state index in [4.69, 9.17) is 14.7 Å². The van der Waals surface area contributed by atoms with Crippen LogP contribution < -0.4 is 14.8 Å². The summed E-state index contributed by atoms with van der Waals surface area (Å²) < 4.78 is 11.2. The van der Waals surface area contributed by atoms with Crippen LogP contribution in [0.15, 0.2) is 24.3 Å². The van der Waals surface area contributed by atoms with E-state index in [1.807, 2.05) is 38.1 Å². The van der Waals surface area contributed by atoms with Gasteiger partial charge < -0.3 is 9.47 Å².